The van der Waals surface area contributed by atoms with Crippen LogP contribution in [0.4, 0.5) is 0 Å². The summed E-state index contributed by atoms with van der Waals surface area (Å²) in [7, 11) is 0. The molecule has 0 aliphatic rings. The molecule has 0 aliphatic carbocycles. The lowest BCUT2D eigenvalue weighted by molar-refractivity contribution is -0.154. The van der Waals surface area contributed by atoms with E-state index in [1.807, 2.05) is 0 Å². The predicted octanol–water partition coefficient (Wildman–Crippen LogP) is -0.207. The molecule has 0 fully saturated rings. The van der Waals surface area contributed by atoms with Gasteiger partial charge in [0, 0.05) is 6.54 Å². The first-order valence-electron chi connectivity index (χ1n) is 4.54. The maximum atomic E-state index is 11.1. The third kappa shape index (κ3) is 7.54. The summed E-state index contributed by atoms with van der Waals surface area (Å²) in [6.45, 7) is 5.59. The van der Waals surface area contributed by atoms with E-state index in [9.17, 15) is 9.59 Å². The smallest absolute Gasteiger partial charge is 0.308 e. The Kier molecular flexibility index (Phi) is 5.15. The van der Waals surface area contributed by atoms with Crippen LogP contribution in [-0.2, 0) is 14.3 Å². The van der Waals surface area contributed by atoms with E-state index >= 15 is 0 Å². The normalized spacial score (nSPS) is 10.9. The molecule has 5 nitrogen and oxygen atoms in total. The van der Waals surface area contributed by atoms with Gasteiger partial charge >= 0.3 is 5.97 Å². The minimum absolute atomic E-state index is 0.0612. The van der Waals surface area contributed by atoms with Crippen LogP contribution in [0, 0.1) is 0 Å². The van der Waals surface area contributed by atoms with Gasteiger partial charge in [-0.3, -0.25) is 9.59 Å². The van der Waals surface area contributed by atoms with E-state index in [2.05, 4.69) is 5.32 Å². The van der Waals surface area contributed by atoms with Gasteiger partial charge in [-0.15, -0.1) is 0 Å². The first-order valence-corrected chi connectivity index (χ1v) is 4.54. The number of hydrogen-bond donors (Lipinski definition) is 2. The monoisotopic (exact) mass is 202 g/mol. The molecule has 0 heterocycles. The number of amides is 1. The zero-order valence-electron chi connectivity index (χ0n) is 8.92. The predicted molar refractivity (Wildman–Crippen MR) is 52.5 cm³/mol. The van der Waals surface area contributed by atoms with Gasteiger partial charge in [-0.1, -0.05) is 0 Å². The summed E-state index contributed by atoms with van der Waals surface area (Å²) in [4.78, 5) is 21.8. The van der Waals surface area contributed by atoms with Crippen molar-refractivity contribution in [3.05, 3.63) is 0 Å². The lowest BCUT2D eigenvalue weighted by Crippen LogP contribution is -2.33. The van der Waals surface area contributed by atoms with Crippen molar-refractivity contribution in [1.82, 2.24) is 5.32 Å². The standard InChI is InChI=1S/C9H18N2O3/c1-9(2,3)14-8(13)4-5-11-7(12)6-10/h4-6,10H2,1-3H3,(H,11,12). The molecule has 0 unspecified atom stereocenters. The number of nitrogens with two attached hydrogens (primary N) is 1. The van der Waals surface area contributed by atoms with Gasteiger partial charge in [-0.05, 0) is 20.8 Å². The number of ether oxygens (including phenoxy) is 1. The molecule has 0 saturated heterocycles. The molecule has 0 atom stereocenters. The highest BCUT2D eigenvalue weighted by Gasteiger charge is 2.15. The summed E-state index contributed by atoms with van der Waals surface area (Å²) < 4.78 is 5.03. The van der Waals surface area contributed by atoms with E-state index in [4.69, 9.17) is 10.5 Å². The largest absolute Gasteiger partial charge is 0.460 e. The highest BCUT2D eigenvalue weighted by atomic mass is 16.6. The Hall–Kier alpha value is -1.10. The number of esters is 1. The van der Waals surface area contributed by atoms with E-state index in [0.717, 1.165) is 0 Å². The van der Waals surface area contributed by atoms with Crippen LogP contribution in [0.25, 0.3) is 0 Å². The van der Waals surface area contributed by atoms with Gasteiger partial charge in [0.25, 0.3) is 0 Å². The van der Waals surface area contributed by atoms with Crippen molar-refractivity contribution in [2.45, 2.75) is 32.8 Å². The molecule has 0 aliphatic heterocycles. The number of hydrogen-bond acceptors (Lipinski definition) is 4. The number of rotatable bonds is 4. The van der Waals surface area contributed by atoms with Crippen molar-refractivity contribution in [3.8, 4) is 0 Å². The topological polar surface area (TPSA) is 81.4 Å². The zero-order chi connectivity index (χ0) is 11.2. The molecule has 0 aromatic carbocycles. The average molecular weight is 202 g/mol. The lowest BCUT2D eigenvalue weighted by Gasteiger charge is -2.19. The highest BCUT2D eigenvalue weighted by Crippen LogP contribution is 2.07. The van der Waals surface area contributed by atoms with E-state index < -0.39 is 5.60 Å². The van der Waals surface area contributed by atoms with Crippen LogP contribution in [0.2, 0.25) is 0 Å². The number of nitrogens with one attached hydrogen (secondary N) is 1. The molecular formula is C9H18N2O3. The van der Waals surface area contributed by atoms with Gasteiger partial charge in [-0.25, -0.2) is 0 Å². The van der Waals surface area contributed by atoms with Gasteiger partial charge in [0.05, 0.1) is 13.0 Å². The number of carbonyl (C=O) groups is 2. The average Bonchev–Trinajstić information content (AvgIpc) is 2.00. The molecule has 0 bridgehead atoms. The fourth-order valence-electron chi connectivity index (χ4n) is 0.769. The van der Waals surface area contributed by atoms with Crippen LogP contribution in [0.3, 0.4) is 0 Å². The Morgan fingerprint density at radius 2 is 1.93 bits per heavy atom. The summed E-state index contributed by atoms with van der Waals surface area (Å²) in [6.07, 6.45) is 0.170. The summed E-state index contributed by atoms with van der Waals surface area (Å²) in [5.41, 5.74) is 4.59. The Morgan fingerprint density at radius 3 is 2.36 bits per heavy atom. The van der Waals surface area contributed by atoms with Crippen molar-refractivity contribution in [2.75, 3.05) is 13.1 Å². The zero-order valence-corrected chi connectivity index (χ0v) is 8.92. The van der Waals surface area contributed by atoms with E-state index in [1.165, 1.54) is 0 Å². The van der Waals surface area contributed by atoms with Gasteiger partial charge in [0.1, 0.15) is 5.60 Å². The maximum Gasteiger partial charge on any atom is 0.308 e. The van der Waals surface area contributed by atoms with Crippen LogP contribution >= 0.6 is 0 Å². The van der Waals surface area contributed by atoms with E-state index in [1.54, 1.807) is 20.8 Å². The highest BCUT2D eigenvalue weighted by molar-refractivity contribution is 5.78. The second-order valence-electron chi connectivity index (χ2n) is 3.89. The Balaban J connectivity index is 3.60. The molecule has 3 N–H and O–H groups in total. The molecule has 0 rings (SSSR count). The van der Waals surface area contributed by atoms with Crippen LogP contribution in [0.1, 0.15) is 27.2 Å². The summed E-state index contributed by atoms with van der Waals surface area (Å²) >= 11 is 0. The Bertz CT molecular complexity index is 209. The quantitative estimate of drug-likeness (QED) is 0.618. The minimum atomic E-state index is -0.477. The van der Waals surface area contributed by atoms with Gasteiger partial charge in [-0.2, -0.15) is 0 Å². The summed E-state index contributed by atoms with van der Waals surface area (Å²) in [5.74, 6) is -0.594. The van der Waals surface area contributed by atoms with Crippen LogP contribution < -0.4 is 11.1 Å². The first kappa shape index (κ1) is 12.9. The van der Waals surface area contributed by atoms with Crippen molar-refractivity contribution in [1.29, 1.82) is 0 Å². The Labute approximate surface area is 84.0 Å². The van der Waals surface area contributed by atoms with Crippen LogP contribution in [0.15, 0.2) is 0 Å². The maximum absolute atomic E-state index is 11.1. The molecule has 0 aromatic heterocycles. The molecule has 0 aromatic rings. The van der Waals surface area contributed by atoms with E-state index in [-0.39, 0.29) is 31.4 Å². The van der Waals surface area contributed by atoms with Crippen molar-refractivity contribution in [3.63, 3.8) is 0 Å². The molecule has 0 spiro atoms. The lowest BCUT2D eigenvalue weighted by atomic mass is 10.2. The van der Waals surface area contributed by atoms with Gasteiger partial charge in [0.2, 0.25) is 5.91 Å². The second kappa shape index (κ2) is 5.59. The Morgan fingerprint density at radius 1 is 1.36 bits per heavy atom. The molecule has 1 amide bonds. The fourth-order valence-corrected chi connectivity index (χ4v) is 0.769. The molecule has 5 heteroatoms. The van der Waals surface area contributed by atoms with Crippen molar-refractivity contribution < 1.29 is 14.3 Å². The summed E-state index contributed by atoms with van der Waals surface area (Å²) in [5, 5.41) is 2.48. The molecule has 0 saturated carbocycles. The molecule has 82 valence electrons. The van der Waals surface area contributed by atoms with Crippen LogP contribution in [-0.4, -0.2) is 30.6 Å². The minimum Gasteiger partial charge on any atom is -0.460 e. The number of carbonyl (C=O) groups excluding carboxylic acids is 2. The van der Waals surface area contributed by atoms with Crippen molar-refractivity contribution >= 4 is 11.9 Å². The first-order chi connectivity index (χ1) is 6.35. The summed E-state index contributed by atoms with van der Waals surface area (Å²) in [6, 6.07) is 0. The third-order valence-electron chi connectivity index (χ3n) is 1.26. The molecule has 0 radical (unpaired) electrons. The fraction of sp³-hybridized carbons (Fsp3) is 0.778. The third-order valence-corrected chi connectivity index (χ3v) is 1.26. The molecular weight excluding hydrogens is 184 g/mol. The SMILES string of the molecule is CC(C)(C)OC(=O)CCNC(=O)CN. The van der Waals surface area contributed by atoms with Crippen molar-refractivity contribution in [2.24, 2.45) is 5.73 Å². The van der Waals surface area contributed by atoms with E-state index in [0.29, 0.717) is 0 Å². The van der Waals surface area contributed by atoms with Gasteiger partial charge in [0.15, 0.2) is 0 Å². The second-order valence-corrected chi connectivity index (χ2v) is 3.89. The van der Waals surface area contributed by atoms with Gasteiger partial charge < -0.3 is 15.8 Å². The molecule has 14 heavy (non-hydrogen) atoms. The van der Waals surface area contributed by atoms with Crippen LogP contribution in [0.5, 0.6) is 0 Å².